The Bertz CT molecular complexity index is 234. The molecule has 80 valence electrons. The molecule has 0 N–H and O–H groups in total. The van der Waals surface area contributed by atoms with E-state index in [4.69, 9.17) is 0 Å². The van der Waals surface area contributed by atoms with Gasteiger partial charge in [0, 0.05) is 0 Å². The largest absolute Gasteiger partial charge is 1.00 e. The summed E-state index contributed by atoms with van der Waals surface area (Å²) in [5, 5.41) is 0. The molecule has 0 aromatic heterocycles. The molecule has 2 unspecified atom stereocenters. The van der Waals surface area contributed by atoms with Crippen molar-refractivity contribution in [3.63, 3.8) is 0 Å². The van der Waals surface area contributed by atoms with Crippen molar-refractivity contribution in [2.24, 2.45) is 0 Å². The molecule has 0 aliphatic heterocycles. The second-order valence-electron chi connectivity index (χ2n) is 2.59. The predicted molar refractivity (Wildman–Crippen MR) is 39.6 cm³/mol. The van der Waals surface area contributed by atoms with Gasteiger partial charge in [0.25, 0.3) is 0 Å². The quantitative estimate of drug-likeness (QED) is 0.387. The van der Waals surface area contributed by atoms with E-state index in [0.29, 0.717) is 0 Å². The van der Waals surface area contributed by atoms with Crippen molar-refractivity contribution in [3.05, 3.63) is 0 Å². The molecular weight excluding hydrogens is 216 g/mol. The minimum absolute atomic E-state index is 0. The molecule has 0 aromatic carbocycles. The Kier molecular flexibility index (Phi) is 9.04. The van der Waals surface area contributed by atoms with Crippen LogP contribution in [0.3, 0.4) is 0 Å². The first-order chi connectivity index (χ1) is 5.87. The molecule has 0 amide bonds. The van der Waals surface area contributed by atoms with Crippen LogP contribution in [0.1, 0.15) is 12.8 Å². The average molecular weight is 226 g/mol. The number of hydrogen-bond donors (Lipinski definition) is 0. The third kappa shape index (κ3) is 8.88. The zero-order valence-electron chi connectivity index (χ0n) is 7.75. The summed E-state index contributed by atoms with van der Waals surface area (Å²) in [6.45, 7) is -0.794. The molecule has 0 fully saturated rings. The Labute approximate surface area is 93.0 Å². The fourth-order valence-corrected chi connectivity index (χ4v) is 1.35. The smallest absolute Gasteiger partial charge is 0.748 e. The van der Waals surface area contributed by atoms with Gasteiger partial charge in [0.1, 0.15) is 12.3 Å². The summed E-state index contributed by atoms with van der Waals surface area (Å²) in [5.74, 6) is -1.39. The summed E-state index contributed by atoms with van der Waals surface area (Å²) in [5.41, 5.74) is 0. The number of halogens is 3. The van der Waals surface area contributed by atoms with Gasteiger partial charge in [0.2, 0.25) is 0 Å². The number of alkyl halides is 3. The Morgan fingerprint density at radius 3 is 2.07 bits per heavy atom. The fourth-order valence-electron chi connectivity index (χ4n) is 0.752. The van der Waals surface area contributed by atoms with Crippen LogP contribution in [0.25, 0.3) is 0 Å². The Morgan fingerprint density at radius 1 is 1.21 bits per heavy atom. The van der Waals surface area contributed by atoms with E-state index in [1.165, 1.54) is 0 Å². The van der Waals surface area contributed by atoms with Crippen molar-refractivity contribution in [3.8, 4) is 0 Å². The summed E-state index contributed by atoms with van der Waals surface area (Å²) in [6, 6.07) is 0. The van der Waals surface area contributed by atoms with Crippen LogP contribution in [0.5, 0.6) is 0 Å². The van der Waals surface area contributed by atoms with E-state index in [1.807, 2.05) is 0 Å². The second kappa shape index (κ2) is 7.57. The van der Waals surface area contributed by atoms with Gasteiger partial charge in [-0.2, -0.15) is 0 Å². The summed E-state index contributed by atoms with van der Waals surface area (Å²) >= 11 is 0. The first-order valence-electron chi connectivity index (χ1n) is 3.64. The van der Waals surface area contributed by atoms with Gasteiger partial charge in [-0.1, -0.05) is 0 Å². The van der Waals surface area contributed by atoms with Crippen LogP contribution in [0.15, 0.2) is 0 Å². The molecule has 0 saturated heterocycles. The normalized spacial score (nSPS) is 15.7. The molecule has 0 radical (unpaired) electrons. The Hall–Kier alpha value is 0.297. The second-order valence-corrected chi connectivity index (χ2v) is 4.04. The molecule has 8 heteroatoms. The molecule has 0 bridgehead atoms. The molecular formula is C6H10F3LiO3S. The Balaban J connectivity index is 0. The van der Waals surface area contributed by atoms with E-state index < -0.39 is 41.3 Å². The molecule has 0 spiro atoms. The minimum atomic E-state index is -4.75. The number of rotatable bonds is 6. The van der Waals surface area contributed by atoms with Crippen LogP contribution < -0.4 is 18.9 Å². The molecule has 0 aliphatic carbocycles. The zero-order chi connectivity index (χ0) is 10.5. The van der Waals surface area contributed by atoms with E-state index in [2.05, 4.69) is 0 Å². The van der Waals surface area contributed by atoms with Gasteiger partial charge in [-0.15, -0.1) is 0 Å². The molecule has 0 aromatic rings. The van der Waals surface area contributed by atoms with Crippen molar-refractivity contribution in [1.82, 2.24) is 0 Å². The van der Waals surface area contributed by atoms with Crippen LogP contribution in [0.2, 0.25) is 0 Å². The maximum atomic E-state index is 12.6. The number of hydrogen-bond acceptors (Lipinski definition) is 3. The first-order valence-corrected chi connectivity index (χ1v) is 5.22. The molecule has 3 nitrogen and oxygen atoms in total. The zero-order valence-corrected chi connectivity index (χ0v) is 8.57. The minimum Gasteiger partial charge on any atom is -0.748 e. The van der Waals surface area contributed by atoms with Crippen molar-refractivity contribution in [1.29, 1.82) is 0 Å². The topological polar surface area (TPSA) is 57.2 Å². The molecule has 0 aliphatic rings. The SMILES string of the molecule is O=S(=O)([O-])CC(F)C(F)CCCF.[Li+]. The Morgan fingerprint density at radius 2 is 1.71 bits per heavy atom. The van der Waals surface area contributed by atoms with E-state index in [9.17, 15) is 26.1 Å². The van der Waals surface area contributed by atoms with E-state index >= 15 is 0 Å². The molecule has 0 saturated carbocycles. The van der Waals surface area contributed by atoms with Gasteiger partial charge in [-0.25, -0.2) is 17.2 Å². The molecule has 0 heterocycles. The summed E-state index contributed by atoms with van der Waals surface area (Å²) in [4.78, 5) is 0. The van der Waals surface area contributed by atoms with Gasteiger partial charge >= 0.3 is 18.9 Å². The van der Waals surface area contributed by atoms with E-state index in [0.717, 1.165) is 0 Å². The van der Waals surface area contributed by atoms with Crippen LogP contribution >= 0.6 is 0 Å². The monoisotopic (exact) mass is 226 g/mol. The van der Waals surface area contributed by atoms with Gasteiger partial charge in [-0.05, 0) is 12.8 Å². The average Bonchev–Trinajstić information content (AvgIpc) is 1.96. The van der Waals surface area contributed by atoms with Gasteiger partial charge in [0.15, 0.2) is 0 Å². The molecule has 14 heavy (non-hydrogen) atoms. The third-order valence-electron chi connectivity index (χ3n) is 1.37. The molecule has 0 rings (SSSR count). The first kappa shape index (κ1) is 16.7. The summed E-state index contributed by atoms with van der Waals surface area (Å²) < 4.78 is 66.5. The van der Waals surface area contributed by atoms with Crippen molar-refractivity contribution >= 4 is 10.1 Å². The van der Waals surface area contributed by atoms with Crippen molar-refractivity contribution in [2.45, 2.75) is 25.2 Å². The van der Waals surface area contributed by atoms with Gasteiger partial charge in [0.05, 0.1) is 22.5 Å². The third-order valence-corrected chi connectivity index (χ3v) is 2.10. The maximum absolute atomic E-state index is 12.6. The van der Waals surface area contributed by atoms with Crippen LogP contribution in [-0.2, 0) is 10.1 Å². The predicted octanol–water partition coefficient (Wildman–Crippen LogP) is -2.04. The standard InChI is InChI=1S/C6H11F3O3S.Li/c7-3-1-2-5(8)6(9)4-13(10,11)12;/h5-6H,1-4H2,(H,10,11,12);/q;+1/p-1. The van der Waals surface area contributed by atoms with Crippen molar-refractivity contribution < 1.29 is 45.0 Å². The molecule has 2 atom stereocenters. The van der Waals surface area contributed by atoms with Crippen LogP contribution in [-0.4, -0.2) is 37.7 Å². The summed E-state index contributed by atoms with van der Waals surface area (Å²) in [7, 11) is -4.75. The van der Waals surface area contributed by atoms with E-state index in [1.54, 1.807) is 0 Å². The maximum Gasteiger partial charge on any atom is 1.00 e. The van der Waals surface area contributed by atoms with E-state index in [-0.39, 0.29) is 25.3 Å². The fraction of sp³-hybridized carbons (Fsp3) is 1.00. The summed E-state index contributed by atoms with van der Waals surface area (Å²) in [6.07, 6.45) is -5.03. The van der Waals surface area contributed by atoms with Gasteiger partial charge < -0.3 is 4.55 Å². The van der Waals surface area contributed by atoms with Gasteiger partial charge in [-0.3, -0.25) is 4.39 Å². The van der Waals surface area contributed by atoms with Crippen LogP contribution in [0.4, 0.5) is 13.2 Å². The van der Waals surface area contributed by atoms with Crippen molar-refractivity contribution in [2.75, 3.05) is 12.4 Å². The van der Waals surface area contributed by atoms with Crippen LogP contribution in [0, 0.1) is 0 Å².